The maximum Gasteiger partial charge on any atom is 0.258 e. The van der Waals surface area contributed by atoms with E-state index in [-0.39, 0.29) is 5.56 Å². The van der Waals surface area contributed by atoms with Crippen molar-refractivity contribution in [3.63, 3.8) is 0 Å². The monoisotopic (exact) mass is 281 g/mol. The predicted molar refractivity (Wildman–Crippen MR) is 73.1 cm³/mol. The molecule has 0 atom stereocenters. The Kier molecular flexibility index (Phi) is 3.89. The van der Waals surface area contributed by atoms with Crippen molar-refractivity contribution in [2.75, 3.05) is 5.32 Å². The molecule has 0 fully saturated rings. The minimum atomic E-state index is -0.584. The zero-order valence-electron chi connectivity index (χ0n) is 9.15. The first-order valence-corrected chi connectivity index (χ1v) is 5.94. The van der Waals surface area contributed by atoms with Crippen LogP contribution in [0.5, 0.6) is 0 Å². The van der Waals surface area contributed by atoms with Crippen LogP contribution in [0.3, 0.4) is 0 Å². The fraction of sp³-hybridized carbons (Fsp3) is 0. The number of carbonyl (C=O) groups is 1. The number of halogens is 2. The van der Waals surface area contributed by atoms with Crippen molar-refractivity contribution in [2.24, 2.45) is 0 Å². The van der Waals surface area contributed by atoms with Gasteiger partial charge in [-0.3, -0.25) is 4.79 Å². The van der Waals surface area contributed by atoms with Crippen LogP contribution in [0.4, 0.5) is 10.1 Å². The lowest BCUT2D eigenvalue weighted by Gasteiger charge is -2.06. The van der Waals surface area contributed by atoms with E-state index in [0.29, 0.717) is 15.6 Å². The summed E-state index contributed by atoms with van der Waals surface area (Å²) in [5, 5.41) is 3.15. The molecule has 0 aliphatic heterocycles. The number of anilines is 1. The van der Waals surface area contributed by atoms with Crippen molar-refractivity contribution >= 4 is 35.8 Å². The Labute approximate surface area is 114 Å². The molecule has 0 unspecified atom stereocenters. The second-order valence-corrected chi connectivity index (χ2v) is 4.58. The standard InChI is InChI=1S/C13H9ClFNOS/c14-8-1-3-9(4-2-8)16-13(17)11-7-10(18)5-6-12(11)15/h1-7,18H,(H,16,17). The number of hydrogen-bond acceptors (Lipinski definition) is 2. The van der Waals surface area contributed by atoms with E-state index in [1.165, 1.54) is 18.2 Å². The third kappa shape index (κ3) is 3.03. The summed E-state index contributed by atoms with van der Waals surface area (Å²) < 4.78 is 13.5. The minimum absolute atomic E-state index is 0.0440. The molecule has 5 heteroatoms. The van der Waals surface area contributed by atoms with Crippen LogP contribution in [-0.4, -0.2) is 5.91 Å². The van der Waals surface area contributed by atoms with E-state index in [1.807, 2.05) is 0 Å². The van der Waals surface area contributed by atoms with E-state index in [0.717, 1.165) is 0 Å². The zero-order chi connectivity index (χ0) is 13.1. The predicted octanol–water partition coefficient (Wildman–Crippen LogP) is 4.02. The first kappa shape index (κ1) is 12.9. The molecule has 2 rings (SSSR count). The molecule has 2 aromatic rings. The first-order chi connectivity index (χ1) is 8.56. The van der Waals surface area contributed by atoms with Gasteiger partial charge in [-0.05, 0) is 42.5 Å². The van der Waals surface area contributed by atoms with Crippen LogP contribution in [0.2, 0.25) is 5.02 Å². The highest BCUT2D eigenvalue weighted by molar-refractivity contribution is 7.80. The summed E-state index contributed by atoms with van der Waals surface area (Å²) in [5.41, 5.74) is 0.505. The number of rotatable bonds is 2. The lowest BCUT2D eigenvalue weighted by molar-refractivity contribution is 0.102. The van der Waals surface area contributed by atoms with Gasteiger partial charge in [-0.25, -0.2) is 4.39 Å². The topological polar surface area (TPSA) is 29.1 Å². The maximum absolute atomic E-state index is 13.5. The van der Waals surface area contributed by atoms with Gasteiger partial charge in [0.15, 0.2) is 0 Å². The van der Waals surface area contributed by atoms with Gasteiger partial charge in [0, 0.05) is 15.6 Å². The lowest BCUT2D eigenvalue weighted by Crippen LogP contribution is -2.13. The summed E-state index contributed by atoms with van der Waals surface area (Å²) in [7, 11) is 0. The van der Waals surface area contributed by atoms with Crippen LogP contribution in [0.15, 0.2) is 47.4 Å². The Morgan fingerprint density at radius 1 is 1.17 bits per heavy atom. The molecule has 0 saturated heterocycles. The molecule has 0 radical (unpaired) electrons. The molecule has 0 spiro atoms. The highest BCUT2D eigenvalue weighted by Crippen LogP contribution is 2.17. The number of benzene rings is 2. The molecule has 0 bridgehead atoms. The number of hydrogen-bond donors (Lipinski definition) is 2. The molecule has 2 nitrogen and oxygen atoms in total. The molecule has 2 aromatic carbocycles. The van der Waals surface area contributed by atoms with Gasteiger partial charge in [0.05, 0.1) is 5.56 Å². The van der Waals surface area contributed by atoms with Crippen LogP contribution in [0.25, 0.3) is 0 Å². The molecule has 1 amide bonds. The quantitative estimate of drug-likeness (QED) is 0.800. The van der Waals surface area contributed by atoms with E-state index >= 15 is 0 Å². The van der Waals surface area contributed by atoms with Gasteiger partial charge >= 0.3 is 0 Å². The molecule has 0 heterocycles. The largest absolute Gasteiger partial charge is 0.322 e. The van der Waals surface area contributed by atoms with Crippen molar-refractivity contribution in [3.05, 3.63) is 58.9 Å². The summed E-state index contributed by atoms with van der Waals surface area (Å²) in [4.78, 5) is 12.4. The van der Waals surface area contributed by atoms with Gasteiger partial charge in [-0.1, -0.05) is 11.6 Å². The number of thiol groups is 1. The summed E-state index contributed by atoms with van der Waals surface area (Å²) in [5.74, 6) is -1.11. The third-order valence-electron chi connectivity index (χ3n) is 2.30. The van der Waals surface area contributed by atoms with Crippen molar-refractivity contribution in [1.82, 2.24) is 0 Å². The maximum atomic E-state index is 13.5. The van der Waals surface area contributed by atoms with Crippen molar-refractivity contribution in [3.8, 4) is 0 Å². The van der Waals surface area contributed by atoms with Crippen LogP contribution in [0, 0.1) is 5.82 Å². The number of carbonyl (C=O) groups excluding carboxylic acids is 1. The summed E-state index contributed by atoms with van der Waals surface area (Å²) >= 11 is 9.80. The van der Waals surface area contributed by atoms with Crippen LogP contribution in [-0.2, 0) is 0 Å². The van der Waals surface area contributed by atoms with Crippen LogP contribution >= 0.6 is 24.2 Å². The molecule has 92 valence electrons. The Bertz CT molecular complexity index is 586. The van der Waals surface area contributed by atoms with Crippen molar-refractivity contribution < 1.29 is 9.18 Å². The number of nitrogens with one attached hydrogen (secondary N) is 1. The molecular weight excluding hydrogens is 273 g/mol. The Hall–Kier alpha value is -1.52. The van der Waals surface area contributed by atoms with Gasteiger partial charge in [-0.2, -0.15) is 0 Å². The van der Waals surface area contributed by atoms with Gasteiger partial charge in [0.2, 0.25) is 0 Å². The Morgan fingerprint density at radius 2 is 1.83 bits per heavy atom. The fourth-order valence-electron chi connectivity index (χ4n) is 1.42. The summed E-state index contributed by atoms with van der Waals surface area (Å²) in [6, 6.07) is 10.6. The average molecular weight is 282 g/mol. The second kappa shape index (κ2) is 5.42. The molecular formula is C13H9ClFNOS. The SMILES string of the molecule is O=C(Nc1ccc(Cl)cc1)c1cc(S)ccc1F. The molecule has 0 aromatic heterocycles. The fourth-order valence-corrected chi connectivity index (χ4v) is 1.75. The van der Waals surface area contributed by atoms with E-state index in [1.54, 1.807) is 24.3 Å². The molecule has 0 saturated carbocycles. The van der Waals surface area contributed by atoms with Gasteiger partial charge in [-0.15, -0.1) is 12.6 Å². The normalized spacial score (nSPS) is 10.2. The first-order valence-electron chi connectivity index (χ1n) is 5.12. The zero-order valence-corrected chi connectivity index (χ0v) is 10.8. The molecule has 18 heavy (non-hydrogen) atoms. The molecule has 1 N–H and O–H groups in total. The third-order valence-corrected chi connectivity index (χ3v) is 2.83. The van der Waals surface area contributed by atoms with Crippen molar-refractivity contribution in [2.45, 2.75) is 4.90 Å². The van der Waals surface area contributed by atoms with E-state index < -0.39 is 11.7 Å². The molecule has 0 aliphatic rings. The molecule has 0 aliphatic carbocycles. The summed E-state index contributed by atoms with van der Waals surface area (Å²) in [6.07, 6.45) is 0. The average Bonchev–Trinajstić information content (AvgIpc) is 2.35. The van der Waals surface area contributed by atoms with Gasteiger partial charge in [0.25, 0.3) is 5.91 Å². The van der Waals surface area contributed by atoms with E-state index in [4.69, 9.17) is 11.6 Å². The highest BCUT2D eigenvalue weighted by atomic mass is 35.5. The minimum Gasteiger partial charge on any atom is -0.322 e. The second-order valence-electron chi connectivity index (χ2n) is 3.63. The van der Waals surface area contributed by atoms with Crippen LogP contribution in [0.1, 0.15) is 10.4 Å². The Morgan fingerprint density at radius 3 is 2.50 bits per heavy atom. The van der Waals surface area contributed by atoms with E-state index in [9.17, 15) is 9.18 Å². The van der Waals surface area contributed by atoms with Gasteiger partial charge < -0.3 is 5.32 Å². The smallest absolute Gasteiger partial charge is 0.258 e. The van der Waals surface area contributed by atoms with Crippen molar-refractivity contribution in [1.29, 1.82) is 0 Å². The lowest BCUT2D eigenvalue weighted by atomic mass is 10.2. The van der Waals surface area contributed by atoms with Crippen LogP contribution < -0.4 is 5.32 Å². The highest BCUT2D eigenvalue weighted by Gasteiger charge is 2.12. The van der Waals surface area contributed by atoms with Gasteiger partial charge in [0.1, 0.15) is 5.82 Å². The number of amides is 1. The summed E-state index contributed by atoms with van der Waals surface area (Å²) in [6.45, 7) is 0. The van der Waals surface area contributed by atoms with E-state index in [2.05, 4.69) is 17.9 Å². The Balaban J connectivity index is 2.21.